The van der Waals surface area contributed by atoms with Gasteiger partial charge in [-0.2, -0.15) is 0 Å². The van der Waals surface area contributed by atoms with Crippen molar-refractivity contribution in [1.82, 2.24) is 10.3 Å². The first-order valence-electron chi connectivity index (χ1n) is 6.89. The molecule has 0 aliphatic heterocycles. The minimum atomic E-state index is -0.0417. The summed E-state index contributed by atoms with van der Waals surface area (Å²) in [5.74, 6) is 0.470. The third kappa shape index (κ3) is 4.32. The summed E-state index contributed by atoms with van der Waals surface area (Å²) >= 11 is 3.24. The Labute approximate surface area is 134 Å². The van der Waals surface area contributed by atoms with Crippen molar-refractivity contribution in [2.75, 3.05) is 5.75 Å². The molecule has 0 aliphatic rings. The third-order valence-electron chi connectivity index (χ3n) is 3.18. The molecule has 112 valence electrons. The molecule has 1 atom stereocenters. The second kappa shape index (κ2) is 7.09. The Morgan fingerprint density at radius 2 is 2.05 bits per heavy atom. The Kier molecular flexibility index (Phi) is 5.42. The summed E-state index contributed by atoms with van der Waals surface area (Å²) in [7, 11) is 0. The molecule has 1 N–H and O–H groups in total. The van der Waals surface area contributed by atoms with E-state index >= 15 is 0 Å². The molecule has 0 saturated carbocycles. The van der Waals surface area contributed by atoms with Crippen LogP contribution in [0, 0.1) is 20.8 Å². The molecule has 3 nitrogen and oxygen atoms in total. The normalized spacial score (nSPS) is 12.2. The molecule has 0 spiro atoms. The molecule has 0 saturated heterocycles. The Bertz CT molecular complexity index is 637. The van der Waals surface area contributed by atoms with E-state index in [1.807, 2.05) is 39.0 Å². The van der Waals surface area contributed by atoms with Crippen LogP contribution in [0.4, 0.5) is 0 Å². The fourth-order valence-electron chi connectivity index (χ4n) is 2.16. The van der Waals surface area contributed by atoms with Crippen LogP contribution in [-0.2, 0) is 4.79 Å². The molecule has 1 aromatic carbocycles. The number of hydrogen-bond acceptors (Lipinski definition) is 4. The quantitative estimate of drug-likeness (QED) is 0.846. The molecule has 1 heterocycles. The first-order chi connectivity index (χ1) is 9.97. The number of benzene rings is 1. The van der Waals surface area contributed by atoms with E-state index in [0.29, 0.717) is 5.75 Å². The maximum Gasteiger partial charge on any atom is 0.230 e. The van der Waals surface area contributed by atoms with Crippen LogP contribution in [0.2, 0.25) is 0 Å². The van der Waals surface area contributed by atoms with Gasteiger partial charge in [0.1, 0.15) is 0 Å². The van der Waals surface area contributed by atoms with Gasteiger partial charge in [-0.25, -0.2) is 4.98 Å². The van der Waals surface area contributed by atoms with Crippen molar-refractivity contribution >= 4 is 29.0 Å². The molecular formula is C16H20N2OS2. The maximum atomic E-state index is 12.1. The van der Waals surface area contributed by atoms with Crippen LogP contribution < -0.4 is 5.32 Å². The summed E-state index contributed by atoms with van der Waals surface area (Å²) in [4.78, 5) is 18.9. The zero-order chi connectivity index (χ0) is 15.4. The van der Waals surface area contributed by atoms with Crippen LogP contribution in [-0.4, -0.2) is 16.6 Å². The van der Waals surface area contributed by atoms with Gasteiger partial charge in [0.2, 0.25) is 5.91 Å². The summed E-state index contributed by atoms with van der Waals surface area (Å²) in [5.41, 5.74) is 2.18. The van der Waals surface area contributed by atoms with E-state index in [-0.39, 0.29) is 11.9 Å². The Balaban J connectivity index is 1.90. The number of thioether (sulfide) groups is 1. The van der Waals surface area contributed by atoms with Gasteiger partial charge in [0.05, 0.1) is 22.5 Å². The first kappa shape index (κ1) is 16.0. The average Bonchev–Trinajstić information content (AvgIpc) is 2.77. The summed E-state index contributed by atoms with van der Waals surface area (Å²) in [5, 5.41) is 4.06. The standard InChI is InChI=1S/C16H20N2OS2/c1-10-7-5-6-8-14(10)20-9-15(19)17-11(2)16-12(3)21-13(4)18-16/h5-8,11H,9H2,1-4H3,(H,17,19)/t11-/m0/s1. The zero-order valence-corrected chi connectivity index (χ0v) is 14.4. The lowest BCUT2D eigenvalue weighted by atomic mass is 10.2. The topological polar surface area (TPSA) is 42.0 Å². The Morgan fingerprint density at radius 1 is 1.33 bits per heavy atom. The highest BCUT2D eigenvalue weighted by Gasteiger charge is 2.15. The van der Waals surface area contributed by atoms with E-state index < -0.39 is 0 Å². The van der Waals surface area contributed by atoms with Gasteiger partial charge in [-0.1, -0.05) is 18.2 Å². The molecular weight excluding hydrogens is 300 g/mol. The lowest BCUT2D eigenvalue weighted by molar-refractivity contribution is -0.119. The van der Waals surface area contributed by atoms with E-state index in [1.165, 1.54) is 10.4 Å². The van der Waals surface area contributed by atoms with Gasteiger partial charge in [0.15, 0.2) is 0 Å². The number of hydrogen-bond donors (Lipinski definition) is 1. The molecule has 1 amide bonds. The second-order valence-corrected chi connectivity index (χ2v) is 7.44. The second-order valence-electron chi connectivity index (χ2n) is 5.02. The van der Waals surface area contributed by atoms with E-state index in [4.69, 9.17) is 0 Å². The highest BCUT2D eigenvalue weighted by molar-refractivity contribution is 8.00. The molecule has 0 fully saturated rings. The van der Waals surface area contributed by atoms with Crippen molar-refractivity contribution < 1.29 is 4.79 Å². The van der Waals surface area contributed by atoms with Gasteiger partial charge in [0.25, 0.3) is 0 Å². The predicted molar refractivity (Wildman–Crippen MR) is 90.0 cm³/mol. The Hall–Kier alpha value is -1.33. The minimum absolute atomic E-state index is 0.0417. The number of carbonyl (C=O) groups is 1. The van der Waals surface area contributed by atoms with Crippen molar-refractivity contribution in [1.29, 1.82) is 0 Å². The van der Waals surface area contributed by atoms with Crippen LogP contribution >= 0.6 is 23.1 Å². The van der Waals surface area contributed by atoms with Crippen LogP contribution in [0.5, 0.6) is 0 Å². The van der Waals surface area contributed by atoms with Crippen LogP contribution in [0.25, 0.3) is 0 Å². The average molecular weight is 320 g/mol. The number of nitrogens with one attached hydrogen (secondary N) is 1. The fourth-order valence-corrected chi connectivity index (χ4v) is 3.91. The molecule has 2 aromatic rings. The summed E-state index contributed by atoms with van der Waals surface area (Å²) in [6.45, 7) is 8.08. The zero-order valence-electron chi connectivity index (χ0n) is 12.8. The van der Waals surface area contributed by atoms with Crippen molar-refractivity contribution in [2.24, 2.45) is 0 Å². The van der Waals surface area contributed by atoms with Crippen molar-refractivity contribution in [2.45, 2.75) is 38.6 Å². The lowest BCUT2D eigenvalue weighted by Gasteiger charge is -2.13. The molecule has 0 aliphatic carbocycles. The van der Waals surface area contributed by atoms with Gasteiger partial charge >= 0.3 is 0 Å². The molecule has 2 rings (SSSR count). The smallest absolute Gasteiger partial charge is 0.230 e. The molecule has 1 aromatic heterocycles. The van der Waals surface area contributed by atoms with Gasteiger partial charge < -0.3 is 5.32 Å². The van der Waals surface area contributed by atoms with Gasteiger partial charge in [-0.3, -0.25) is 4.79 Å². The van der Waals surface area contributed by atoms with Crippen molar-refractivity contribution in [3.8, 4) is 0 Å². The highest BCUT2D eigenvalue weighted by atomic mass is 32.2. The minimum Gasteiger partial charge on any atom is -0.347 e. The van der Waals surface area contributed by atoms with Gasteiger partial charge in [0, 0.05) is 9.77 Å². The van der Waals surface area contributed by atoms with Gasteiger partial charge in [-0.15, -0.1) is 23.1 Å². The van der Waals surface area contributed by atoms with E-state index in [1.54, 1.807) is 23.1 Å². The third-order valence-corrected chi connectivity index (χ3v) is 5.26. The van der Waals surface area contributed by atoms with Crippen LogP contribution in [0.1, 0.15) is 34.1 Å². The summed E-state index contributed by atoms with van der Waals surface area (Å²) in [6.07, 6.45) is 0. The van der Waals surface area contributed by atoms with Gasteiger partial charge in [-0.05, 0) is 39.3 Å². The SMILES string of the molecule is Cc1nc([C@H](C)NC(=O)CSc2ccccc2C)c(C)s1. The number of aryl methyl sites for hydroxylation is 3. The number of amides is 1. The maximum absolute atomic E-state index is 12.1. The van der Waals surface area contributed by atoms with Crippen LogP contribution in [0.15, 0.2) is 29.2 Å². The fraction of sp³-hybridized carbons (Fsp3) is 0.375. The largest absolute Gasteiger partial charge is 0.347 e. The number of carbonyl (C=O) groups excluding carboxylic acids is 1. The molecule has 0 radical (unpaired) electrons. The van der Waals surface area contributed by atoms with E-state index in [0.717, 1.165) is 15.6 Å². The monoisotopic (exact) mass is 320 g/mol. The summed E-state index contributed by atoms with van der Waals surface area (Å²) in [6, 6.07) is 8.07. The number of thiazole rings is 1. The molecule has 5 heteroatoms. The molecule has 0 unspecified atom stereocenters. The number of nitrogens with zero attached hydrogens (tertiary/aromatic N) is 1. The van der Waals surface area contributed by atoms with E-state index in [2.05, 4.69) is 23.3 Å². The predicted octanol–water partition coefficient (Wildman–Crippen LogP) is 4.04. The lowest BCUT2D eigenvalue weighted by Crippen LogP contribution is -2.28. The summed E-state index contributed by atoms with van der Waals surface area (Å²) < 4.78 is 0. The number of rotatable bonds is 5. The number of aromatic nitrogens is 1. The van der Waals surface area contributed by atoms with Crippen molar-refractivity contribution in [3.63, 3.8) is 0 Å². The Morgan fingerprint density at radius 3 is 2.67 bits per heavy atom. The molecule has 0 bridgehead atoms. The van der Waals surface area contributed by atoms with E-state index in [9.17, 15) is 4.79 Å². The first-order valence-corrected chi connectivity index (χ1v) is 8.69. The van der Waals surface area contributed by atoms with Crippen LogP contribution in [0.3, 0.4) is 0 Å². The van der Waals surface area contributed by atoms with Crippen molar-refractivity contribution in [3.05, 3.63) is 45.4 Å². The molecule has 21 heavy (non-hydrogen) atoms. The highest BCUT2D eigenvalue weighted by Crippen LogP contribution is 2.24.